The summed E-state index contributed by atoms with van der Waals surface area (Å²) in [5.41, 5.74) is 2.36. The highest BCUT2D eigenvalue weighted by Crippen LogP contribution is 2.25. The average molecular weight is 205 g/mol. The molecular formula is C13H19NO. The van der Waals surface area contributed by atoms with Crippen LogP contribution in [0.5, 0.6) is 0 Å². The Morgan fingerprint density at radius 2 is 1.87 bits per heavy atom. The van der Waals surface area contributed by atoms with Crippen LogP contribution in [0.3, 0.4) is 0 Å². The maximum atomic E-state index is 11.0. The number of hydrogen-bond acceptors (Lipinski definition) is 1. The zero-order valence-corrected chi connectivity index (χ0v) is 9.92. The highest BCUT2D eigenvalue weighted by atomic mass is 16.1. The van der Waals surface area contributed by atoms with E-state index in [0.29, 0.717) is 0 Å². The largest absolute Gasteiger partial charge is 0.326 e. The van der Waals surface area contributed by atoms with Gasteiger partial charge in [0.2, 0.25) is 5.91 Å². The molecule has 1 N–H and O–H groups in total. The van der Waals surface area contributed by atoms with Crippen molar-refractivity contribution in [2.75, 3.05) is 5.32 Å². The lowest BCUT2D eigenvalue weighted by Crippen LogP contribution is -2.13. The van der Waals surface area contributed by atoms with Gasteiger partial charge in [0.05, 0.1) is 0 Å². The van der Waals surface area contributed by atoms with Gasteiger partial charge in [-0.1, -0.05) is 39.0 Å². The highest BCUT2D eigenvalue weighted by Gasteiger charge is 2.13. The lowest BCUT2D eigenvalue weighted by Gasteiger charge is -2.20. The fraction of sp³-hybridized carbons (Fsp3) is 0.462. The van der Waals surface area contributed by atoms with Crippen molar-refractivity contribution in [1.29, 1.82) is 0 Å². The molecule has 0 saturated heterocycles. The second-order valence-corrected chi connectivity index (χ2v) is 5.08. The number of hydrogen-bond donors (Lipinski definition) is 1. The predicted molar refractivity (Wildman–Crippen MR) is 63.9 cm³/mol. The van der Waals surface area contributed by atoms with Gasteiger partial charge in [0.25, 0.3) is 0 Å². The maximum absolute atomic E-state index is 11.0. The minimum atomic E-state index is -0.0173. The van der Waals surface area contributed by atoms with E-state index in [1.54, 1.807) is 0 Å². The number of benzene rings is 1. The van der Waals surface area contributed by atoms with Gasteiger partial charge in [-0.05, 0) is 23.5 Å². The lowest BCUT2D eigenvalue weighted by atomic mass is 9.87. The van der Waals surface area contributed by atoms with Crippen molar-refractivity contribution < 1.29 is 4.79 Å². The molecular weight excluding hydrogens is 186 g/mol. The Balaban J connectivity index is 2.91. The van der Waals surface area contributed by atoms with Crippen molar-refractivity contribution in [2.45, 2.75) is 34.1 Å². The van der Waals surface area contributed by atoms with Gasteiger partial charge < -0.3 is 5.32 Å². The molecule has 0 aliphatic heterocycles. The van der Waals surface area contributed by atoms with E-state index in [0.717, 1.165) is 12.1 Å². The zero-order valence-electron chi connectivity index (χ0n) is 9.92. The molecule has 82 valence electrons. The van der Waals surface area contributed by atoms with Crippen LogP contribution in [0.15, 0.2) is 24.3 Å². The van der Waals surface area contributed by atoms with Gasteiger partial charge in [-0.15, -0.1) is 0 Å². The first kappa shape index (κ1) is 11.8. The number of nitrogens with one attached hydrogen (secondary N) is 1. The first-order chi connectivity index (χ1) is 6.88. The summed E-state index contributed by atoms with van der Waals surface area (Å²) in [6.07, 6.45) is 0.962. The number of anilines is 1. The molecule has 1 aromatic rings. The smallest absolute Gasteiger partial charge is 0.221 e. The van der Waals surface area contributed by atoms with Crippen LogP contribution in [0.2, 0.25) is 0 Å². The Morgan fingerprint density at radius 1 is 1.27 bits per heavy atom. The van der Waals surface area contributed by atoms with Crippen LogP contribution in [-0.4, -0.2) is 5.91 Å². The van der Waals surface area contributed by atoms with Gasteiger partial charge in [0.15, 0.2) is 0 Å². The van der Waals surface area contributed by atoms with Crippen LogP contribution in [0, 0.1) is 5.41 Å². The van der Waals surface area contributed by atoms with E-state index in [-0.39, 0.29) is 11.3 Å². The number of para-hydroxylation sites is 1. The van der Waals surface area contributed by atoms with Crippen molar-refractivity contribution in [3.8, 4) is 0 Å². The summed E-state index contributed by atoms with van der Waals surface area (Å²) in [5, 5.41) is 2.86. The molecule has 0 spiro atoms. The third-order valence-corrected chi connectivity index (χ3v) is 2.05. The average Bonchev–Trinajstić information content (AvgIpc) is 2.05. The molecule has 0 atom stereocenters. The summed E-state index contributed by atoms with van der Waals surface area (Å²) >= 11 is 0. The summed E-state index contributed by atoms with van der Waals surface area (Å²) in [7, 11) is 0. The monoisotopic (exact) mass is 205 g/mol. The fourth-order valence-electron chi connectivity index (χ4n) is 1.56. The molecule has 0 aliphatic carbocycles. The van der Waals surface area contributed by atoms with Crippen molar-refractivity contribution >= 4 is 11.6 Å². The molecule has 2 nitrogen and oxygen atoms in total. The van der Waals surface area contributed by atoms with Crippen molar-refractivity contribution in [3.05, 3.63) is 29.8 Å². The normalized spacial score (nSPS) is 11.2. The van der Waals surface area contributed by atoms with Gasteiger partial charge in [-0.25, -0.2) is 0 Å². The third-order valence-electron chi connectivity index (χ3n) is 2.05. The third kappa shape index (κ3) is 4.15. The lowest BCUT2D eigenvalue weighted by molar-refractivity contribution is -0.114. The van der Waals surface area contributed by atoms with Crippen LogP contribution in [0.25, 0.3) is 0 Å². The molecule has 0 bridgehead atoms. The number of rotatable bonds is 2. The molecule has 2 heteroatoms. The summed E-state index contributed by atoms with van der Waals surface area (Å²) in [4.78, 5) is 11.0. The van der Waals surface area contributed by atoms with Gasteiger partial charge >= 0.3 is 0 Å². The summed E-state index contributed by atoms with van der Waals surface area (Å²) in [5.74, 6) is -0.0173. The zero-order chi connectivity index (χ0) is 11.5. The first-order valence-corrected chi connectivity index (χ1v) is 5.24. The molecule has 0 heterocycles. The first-order valence-electron chi connectivity index (χ1n) is 5.24. The van der Waals surface area contributed by atoms with E-state index in [1.165, 1.54) is 12.5 Å². The second-order valence-electron chi connectivity index (χ2n) is 5.08. The van der Waals surface area contributed by atoms with Crippen LogP contribution in [0.1, 0.15) is 33.3 Å². The molecule has 0 fully saturated rings. The highest BCUT2D eigenvalue weighted by molar-refractivity contribution is 5.89. The Morgan fingerprint density at radius 3 is 2.40 bits per heavy atom. The standard InChI is InChI=1S/C13H19NO/c1-10(15)14-12-8-6-5-7-11(12)9-13(2,3)4/h5-8H,9H2,1-4H3,(H,14,15). The predicted octanol–water partition coefficient (Wildman–Crippen LogP) is 3.23. The van der Waals surface area contributed by atoms with Gasteiger partial charge in [0.1, 0.15) is 0 Å². The molecule has 1 rings (SSSR count). The molecule has 0 saturated carbocycles. The SMILES string of the molecule is CC(=O)Nc1ccccc1CC(C)(C)C. The maximum Gasteiger partial charge on any atom is 0.221 e. The molecule has 0 radical (unpaired) electrons. The minimum absolute atomic E-state index is 0.0173. The van der Waals surface area contributed by atoms with Gasteiger partial charge in [-0.2, -0.15) is 0 Å². The number of carbonyl (C=O) groups excluding carboxylic acids is 1. The van der Waals surface area contributed by atoms with E-state index in [2.05, 4.69) is 32.2 Å². The van der Waals surface area contributed by atoms with Crippen LogP contribution in [-0.2, 0) is 11.2 Å². The summed E-state index contributed by atoms with van der Waals surface area (Å²) < 4.78 is 0. The Labute approximate surface area is 91.7 Å². The van der Waals surface area contributed by atoms with Gasteiger partial charge in [0, 0.05) is 12.6 Å². The van der Waals surface area contributed by atoms with Crippen molar-refractivity contribution in [2.24, 2.45) is 5.41 Å². The number of carbonyl (C=O) groups is 1. The topological polar surface area (TPSA) is 29.1 Å². The molecule has 1 aromatic carbocycles. The van der Waals surface area contributed by atoms with E-state index in [4.69, 9.17) is 0 Å². The van der Waals surface area contributed by atoms with Crippen molar-refractivity contribution in [1.82, 2.24) is 0 Å². The Bertz CT molecular complexity index is 350. The van der Waals surface area contributed by atoms with E-state index >= 15 is 0 Å². The Hall–Kier alpha value is -1.31. The van der Waals surface area contributed by atoms with Crippen LogP contribution in [0.4, 0.5) is 5.69 Å². The summed E-state index contributed by atoms with van der Waals surface area (Å²) in [6.45, 7) is 8.11. The van der Waals surface area contributed by atoms with Gasteiger partial charge in [-0.3, -0.25) is 4.79 Å². The molecule has 0 aromatic heterocycles. The quantitative estimate of drug-likeness (QED) is 0.789. The van der Waals surface area contributed by atoms with Crippen molar-refractivity contribution in [3.63, 3.8) is 0 Å². The fourth-order valence-corrected chi connectivity index (χ4v) is 1.56. The summed E-state index contributed by atoms with van der Waals surface area (Å²) in [6, 6.07) is 7.96. The molecule has 0 aliphatic rings. The number of amides is 1. The molecule has 0 unspecified atom stereocenters. The van der Waals surface area contributed by atoms with E-state index < -0.39 is 0 Å². The van der Waals surface area contributed by atoms with E-state index in [9.17, 15) is 4.79 Å². The Kier molecular flexibility index (Phi) is 3.51. The van der Waals surface area contributed by atoms with Crippen LogP contribution >= 0.6 is 0 Å². The minimum Gasteiger partial charge on any atom is -0.326 e. The molecule has 15 heavy (non-hydrogen) atoms. The van der Waals surface area contributed by atoms with Crippen LogP contribution < -0.4 is 5.32 Å². The van der Waals surface area contributed by atoms with E-state index in [1.807, 2.05) is 18.2 Å². The second kappa shape index (κ2) is 4.47. The molecule has 1 amide bonds.